The molecule has 0 bridgehead atoms. The summed E-state index contributed by atoms with van der Waals surface area (Å²) in [5, 5.41) is 4.91. The quantitative estimate of drug-likeness (QED) is 0.563. The zero-order chi connectivity index (χ0) is 14.4. The molecule has 0 heterocycles. The SMILES string of the molecule is CC(NC(=O)C(=O)NCC(N)=S)c1cccc(Br)c1. The minimum atomic E-state index is -0.755. The first-order valence-electron chi connectivity index (χ1n) is 5.52. The van der Waals surface area contributed by atoms with Crippen LogP contribution in [0.5, 0.6) is 0 Å². The second-order valence-electron chi connectivity index (χ2n) is 3.90. The molecule has 0 aromatic heterocycles. The second-order valence-corrected chi connectivity index (χ2v) is 5.34. The van der Waals surface area contributed by atoms with Crippen LogP contribution in [-0.4, -0.2) is 23.3 Å². The third kappa shape index (κ3) is 5.35. The van der Waals surface area contributed by atoms with Gasteiger partial charge in [0, 0.05) is 4.47 Å². The molecule has 19 heavy (non-hydrogen) atoms. The van der Waals surface area contributed by atoms with Gasteiger partial charge in [-0.2, -0.15) is 0 Å². The number of hydrogen-bond acceptors (Lipinski definition) is 3. The minimum Gasteiger partial charge on any atom is -0.392 e. The number of carbonyl (C=O) groups is 2. The fourth-order valence-corrected chi connectivity index (χ4v) is 1.86. The predicted molar refractivity (Wildman–Crippen MR) is 80.5 cm³/mol. The zero-order valence-corrected chi connectivity index (χ0v) is 12.7. The molecular weight excluding hydrogens is 330 g/mol. The maximum atomic E-state index is 11.6. The van der Waals surface area contributed by atoms with Gasteiger partial charge in [0.05, 0.1) is 17.6 Å². The van der Waals surface area contributed by atoms with Crippen LogP contribution >= 0.6 is 28.1 Å². The van der Waals surface area contributed by atoms with Gasteiger partial charge in [0.15, 0.2) is 0 Å². The lowest BCUT2D eigenvalue weighted by Gasteiger charge is -2.14. The summed E-state index contributed by atoms with van der Waals surface area (Å²) in [7, 11) is 0. The van der Waals surface area contributed by atoms with E-state index in [1.165, 1.54) is 0 Å². The standard InChI is InChI=1S/C12H14BrN3O2S/c1-7(8-3-2-4-9(13)5-8)16-12(18)11(17)15-6-10(14)19/h2-5,7H,6H2,1H3,(H2,14,19)(H,15,17)(H,16,18). The molecule has 0 fully saturated rings. The molecule has 102 valence electrons. The van der Waals surface area contributed by atoms with E-state index in [0.29, 0.717) is 0 Å². The van der Waals surface area contributed by atoms with Crippen LogP contribution in [0, 0.1) is 0 Å². The average molecular weight is 344 g/mol. The molecule has 0 aliphatic carbocycles. The normalized spacial score (nSPS) is 11.5. The number of hydrogen-bond donors (Lipinski definition) is 3. The molecule has 1 unspecified atom stereocenters. The summed E-state index contributed by atoms with van der Waals surface area (Å²) in [6, 6.07) is 7.20. The molecule has 1 aromatic rings. The van der Waals surface area contributed by atoms with Crippen molar-refractivity contribution in [2.24, 2.45) is 5.73 Å². The summed E-state index contributed by atoms with van der Waals surface area (Å²) >= 11 is 7.95. The fourth-order valence-electron chi connectivity index (χ4n) is 1.37. The predicted octanol–water partition coefficient (Wildman–Crippen LogP) is 1.03. The Morgan fingerprint density at radius 1 is 1.42 bits per heavy atom. The highest BCUT2D eigenvalue weighted by Gasteiger charge is 2.16. The van der Waals surface area contributed by atoms with Gasteiger partial charge in [-0.05, 0) is 24.6 Å². The monoisotopic (exact) mass is 343 g/mol. The van der Waals surface area contributed by atoms with Crippen LogP contribution in [-0.2, 0) is 9.59 Å². The molecule has 1 aromatic carbocycles. The number of halogens is 1. The van der Waals surface area contributed by atoms with Crippen molar-refractivity contribution in [2.45, 2.75) is 13.0 Å². The molecule has 1 atom stereocenters. The van der Waals surface area contributed by atoms with E-state index in [1.54, 1.807) is 6.92 Å². The summed E-state index contributed by atoms with van der Waals surface area (Å²) in [5.74, 6) is -1.47. The summed E-state index contributed by atoms with van der Waals surface area (Å²) < 4.78 is 0.907. The Bertz CT molecular complexity index is 508. The Morgan fingerprint density at radius 2 is 2.11 bits per heavy atom. The smallest absolute Gasteiger partial charge is 0.309 e. The first-order chi connectivity index (χ1) is 8.90. The van der Waals surface area contributed by atoms with Crippen LogP contribution in [0.15, 0.2) is 28.7 Å². The van der Waals surface area contributed by atoms with Crippen LogP contribution in [0.25, 0.3) is 0 Å². The first kappa shape index (κ1) is 15.6. The van der Waals surface area contributed by atoms with Crippen LogP contribution in [0.3, 0.4) is 0 Å². The van der Waals surface area contributed by atoms with Crippen LogP contribution in [0.1, 0.15) is 18.5 Å². The van der Waals surface area contributed by atoms with E-state index in [9.17, 15) is 9.59 Å². The number of benzene rings is 1. The lowest BCUT2D eigenvalue weighted by Crippen LogP contribution is -2.43. The van der Waals surface area contributed by atoms with Gasteiger partial charge >= 0.3 is 11.8 Å². The molecular formula is C12H14BrN3O2S. The van der Waals surface area contributed by atoms with Crippen LogP contribution in [0.2, 0.25) is 0 Å². The Morgan fingerprint density at radius 3 is 2.68 bits per heavy atom. The lowest BCUT2D eigenvalue weighted by molar-refractivity contribution is -0.139. The van der Waals surface area contributed by atoms with Crippen molar-refractivity contribution in [1.29, 1.82) is 0 Å². The van der Waals surface area contributed by atoms with E-state index in [0.717, 1.165) is 10.0 Å². The van der Waals surface area contributed by atoms with Gasteiger partial charge in [0.2, 0.25) is 0 Å². The van der Waals surface area contributed by atoms with Gasteiger partial charge in [-0.1, -0.05) is 40.3 Å². The summed E-state index contributed by atoms with van der Waals surface area (Å²) in [4.78, 5) is 23.2. The van der Waals surface area contributed by atoms with Crippen molar-refractivity contribution in [1.82, 2.24) is 10.6 Å². The first-order valence-corrected chi connectivity index (χ1v) is 6.72. The van der Waals surface area contributed by atoms with E-state index in [4.69, 9.17) is 5.73 Å². The topological polar surface area (TPSA) is 84.2 Å². The number of nitrogens with two attached hydrogens (primary N) is 1. The maximum Gasteiger partial charge on any atom is 0.309 e. The number of nitrogens with one attached hydrogen (secondary N) is 2. The van der Waals surface area contributed by atoms with Crippen molar-refractivity contribution in [3.8, 4) is 0 Å². The highest BCUT2D eigenvalue weighted by molar-refractivity contribution is 9.10. The van der Waals surface area contributed by atoms with E-state index < -0.39 is 11.8 Å². The van der Waals surface area contributed by atoms with Gasteiger partial charge in [-0.15, -0.1) is 0 Å². The number of amides is 2. The maximum absolute atomic E-state index is 11.6. The summed E-state index contributed by atoms with van der Waals surface area (Å²) in [6.45, 7) is 1.80. The van der Waals surface area contributed by atoms with Crippen molar-refractivity contribution < 1.29 is 9.59 Å². The molecule has 5 nitrogen and oxygen atoms in total. The highest BCUT2D eigenvalue weighted by atomic mass is 79.9. The largest absolute Gasteiger partial charge is 0.392 e. The number of rotatable bonds is 4. The van der Waals surface area contributed by atoms with E-state index in [2.05, 4.69) is 38.8 Å². The van der Waals surface area contributed by atoms with Gasteiger partial charge in [-0.3, -0.25) is 9.59 Å². The average Bonchev–Trinajstić information content (AvgIpc) is 2.35. The Labute approximate surface area is 125 Å². The number of carbonyl (C=O) groups excluding carboxylic acids is 2. The van der Waals surface area contributed by atoms with Gasteiger partial charge in [0.1, 0.15) is 0 Å². The van der Waals surface area contributed by atoms with Gasteiger partial charge in [0.25, 0.3) is 0 Å². The van der Waals surface area contributed by atoms with E-state index in [-0.39, 0.29) is 17.6 Å². The molecule has 0 radical (unpaired) electrons. The minimum absolute atomic E-state index is 0.00680. The lowest BCUT2D eigenvalue weighted by atomic mass is 10.1. The van der Waals surface area contributed by atoms with Crippen LogP contribution < -0.4 is 16.4 Å². The molecule has 0 spiro atoms. The highest BCUT2D eigenvalue weighted by Crippen LogP contribution is 2.17. The molecule has 0 saturated carbocycles. The van der Waals surface area contributed by atoms with Crippen molar-refractivity contribution in [2.75, 3.05) is 6.54 Å². The summed E-state index contributed by atoms with van der Waals surface area (Å²) in [6.07, 6.45) is 0. The van der Waals surface area contributed by atoms with Gasteiger partial charge < -0.3 is 16.4 Å². The summed E-state index contributed by atoms with van der Waals surface area (Å²) in [5.41, 5.74) is 6.12. The Hall–Kier alpha value is -1.47. The molecule has 7 heteroatoms. The van der Waals surface area contributed by atoms with Crippen LogP contribution in [0.4, 0.5) is 0 Å². The molecule has 2 amide bonds. The second kappa shape index (κ2) is 7.20. The van der Waals surface area contributed by atoms with Crippen molar-refractivity contribution in [3.05, 3.63) is 34.3 Å². The molecule has 0 aliphatic heterocycles. The Balaban J connectivity index is 2.56. The van der Waals surface area contributed by atoms with E-state index >= 15 is 0 Å². The third-order valence-corrected chi connectivity index (χ3v) is 2.96. The number of thiocarbonyl (C=S) groups is 1. The van der Waals surface area contributed by atoms with Gasteiger partial charge in [-0.25, -0.2) is 0 Å². The fraction of sp³-hybridized carbons (Fsp3) is 0.250. The molecule has 0 aliphatic rings. The molecule has 4 N–H and O–H groups in total. The van der Waals surface area contributed by atoms with Crippen molar-refractivity contribution >= 4 is 45.0 Å². The third-order valence-electron chi connectivity index (χ3n) is 2.33. The molecule has 1 rings (SSSR count). The zero-order valence-electron chi connectivity index (χ0n) is 10.3. The molecule has 0 saturated heterocycles. The van der Waals surface area contributed by atoms with Crippen molar-refractivity contribution in [3.63, 3.8) is 0 Å². The Kier molecular flexibility index (Phi) is 5.91. The van der Waals surface area contributed by atoms with E-state index in [1.807, 2.05) is 24.3 Å².